The maximum absolute atomic E-state index is 13.4. The molecule has 1 N–H and O–H groups in total. The van der Waals surface area contributed by atoms with Crippen molar-refractivity contribution in [2.24, 2.45) is 0 Å². The van der Waals surface area contributed by atoms with E-state index in [1.807, 2.05) is 0 Å². The molecule has 0 spiro atoms. The first-order valence-corrected chi connectivity index (χ1v) is 7.99. The fourth-order valence-corrected chi connectivity index (χ4v) is 2.92. The molecule has 0 saturated carbocycles. The first-order valence-electron chi connectivity index (χ1n) is 7.20. The number of hydrogen-bond acceptors (Lipinski definition) is 4. The second-order valence-corrected chi connectivity index (χ2v) is 5.82. The summed E-state index contributed by atoms with van der Waals surface area (Å²) in [6, 6.07) is 4.21. The molecule has 0 aromatic heterocycles. The third kappa shape index (κ3) is 4.25. The SMILES string of the molecule is CCOC(=O)C(c1ccc(F)c(Br)c1)N1CCCNCC1. The largest absolute Gasteiger partial charge is 0.465 e. The molecule has 6 heteroatoms. The molecule has 1 aliphatic rings. The number of halogens is 2. The summed E-state index contributed by atoms with van der Waals surface area (Å²) in [4.78, 5) is 14.5. The Labute approximate surface area is 132 Å². The number of hydrogen-bond donors (Lipinski definition) is 1. The number of nitrogens with one attached hydrogen (secondary N) is 1. The molecular formula is C15H20BrFN2O2. The van der Waals surface area contributed by atoms with Gasteiger partial charge in [-0.25, -0.2) is 9.18 Å². The Hall–Kier alpha value is -0.980. The Kier molecular flexibility index (Phi) is 6.14. The van der Waals surface area contributed by atoms with Crippen LogP contribution in [0.1, 0.15) is 24.9 Å². The van der Waals surface area contributed by atoms with Crippen LogP contribution in [0.5, 0.6) is 0 Å². The van der Waals surface area contributed by atoms with E-state index in [2.05, 4.69) is 26.1 Å². The molecule has 1 fully saturated rings. The standard InChI is InChI=1S/C15H20BrFN2O2/c1-2-21-15(20)14(19-8-3-6-18-7-9-19)11-4-5-13(17)12(16)10-11/h4-5,10,14,18H,2-3,6-9H2,1H3. The number of benzene rings is 1. The van der Waals surface area contributed by atoms with E-state index in [-0.39, 0.29) is 11.8 Å². The molecule has 1 aliphatic heterocycles. The average Bonchev–Trinajstić information content (AvgIpc) is 2.72. The zero-order valence-electron chi connectivity index (χ0n) is 12.1. The monoisotopic (exact) mass is 358 g/mol. The normalized spacial score (nSPS) is 18.0. The highest BCUT2D eigenvalue weighted by Gasteiger charge is 2.29. The van der Waals surface area contributed by atoms with Gasteiger partial charge in [-0.15, -0.1) is 0 Å². The Balaban J connectivity index is 2.29. The van der Waals surface area contributed by atoms with E-state index in [1.54, 1.807) is 19.1 Å². The zero-order chi connectivity index (χ0) is 15.2. The van der Waals surface area contributed by atoms with Gasteiger partial charge in [0, 0.05) is 19.6 Å². The van der Waals surface area contributed by atoms with Crippen LogP contribution in [0, 0.1) is 5.82 Å². The highest BCUT2D eigenvalue weighted by Crippen LogP contribution is 2.27. The van der Waals surface area contributed by atoms with Gasteiger partial charge in [0.25, 0.3) is 0 Å². The fraction of sp³-hybridized carbons (Fsp3) is 0.533. The molecule has 1 aromatic rings. The van der Waals surface area contributed by atoms with Gasteiger partial charge in [-0.3, -0.25) is 4.90 Å². The minimum Gasteiger partial charge on any atom is -0.465 e. The third-order valence-corrected chi connectivity index (χ3v) is 4.12. The highest BCUT2D eigenvalue weighted by molar-refractivity contribution is 9.10. The van der Waals surface area contributed by atoms with Gasteiger partial charge < -0.3 is 10.1 Å². The van der Waals surface area contributed by atoms with Crippen LogP contribution in [-0.2, 0) is 9.53 Å². The van der Waals surface area contributed by atoms with E-state index < -0.39 is 6.04 Å². The number of carbonyl (C=O) groups excluding carboxylic acids is 1. The van der Waals surface area contributed by atoms with Crippen LogP contribution in [0.4, 0.5) is 4.39 Å². The fourth-order valence-electron chi connectivity index (χ4n) is 2.52. The maximum Gasteiger partial charge on any atom is 0.328 e. The van der Waals surface area contributed by atoms with E-state index in [0.717, 1.165) is 38.2 Å². The molecule has 0 aliphatic carbocycles. The number of ether oxygens (including phenoxy) is 1. The quantitative estimate of drug-likeness (QED) is 0.839. The minimum atomic E-state index is -0.484. The van der Waals surface area contributed by atoms with Gasteiger partial charge in [-0.05, 0) is 53.5 Å². The molecule has 21 heavy (non-hydrogen) atoms. The molecule has 0 bridgehead atoms. The summed E-state index contributed by atoms with van der Waals surface area (Å²) in [5.41, 5.74) is 0.753. The Bertz CT molecular complexity index is 491. The Morgan fingerprint density at radius 3 is 3.00 bits per heavy atom. The molecule has 1 atom stereocenters. The molecule has 116 valence electrons. The molecule has 0 radical (unpaired) electrons. The molecule has 0 amide bonds. The molecular weight excluding hydrogens is 339 g/mol. The minimum absolute atomic E-state index is 0.280. The van der Waals surface area contributed by atoms with Gasteiger partial charge in [0.2, 0.25) is 0 Å². The predicted octanol–water partition coefficient (Wildman–Crippen LogP) is 2.49. The zero-order valence-corrected chi connectivity index (χ0v) is 13.7. The third-order valence-electron chi connectivity index (χ3n) is 3.51. The second-order valence-electron chi connectivity index (χ2n) is 4.97. The number of carbonyl (C=O) groups is 1. The van der Waals surface area contributed by atoms with Crippen molar-refractivity contribution in [1.29, 1.82) is 0 Å². The highest BCUT2D eigenvalue weighted by atomic mass is 79.9. The first kappa shape index (κ1) is 16.4. The summed E-state index contributed by atoms with van der Waals surface area (Å²) in [6.07, 6.45) is 0.971. The van der Waals surface area contributed by atoms with Crippen molar-refractivity contribution in [1.82, 2.24) is 10.2 Å². The number of rotatable bonds is 4. The first-order chi connectivity index (χ1) is 10.1. The van der Waals surface area contributed by atoms with E-state index in [1.165, 1.54) is 6.07 Å². The van der Waals surface area contributed by atoms with E-state index in [9.17, 15) is 9.18 Å². The summed E-state index contributed by atoms with van der Waals surface area (Å²) in [5, 5.41) is 3.31. The van der Waals surface area contributed by atoms with Gasteiger partial charge in [0.15, 0.2) is 0 Å². The molecule has 1 aromatic carbocycles. The van der Waals surface area contributed by atoms with Crippen molar-refractivity contribution in [3.8, 4) is 0 Å². The Morgan fingerprint density at radius 1 is 1.48 bits per heavy atom. The lowest BCUT2D eigenvalue weighted by Gasteiger charge is -2.29. The predicted molar refractivity (Wildman–Crippen MR) is 82.5 cm³/mol. The van der Waals surface area contributed by atoms with Crippen molar-refractivity contribution in [3.05, 3.63) is 34.1 Å². The summed E-state index contributed by atoms with van der Waals surface area (Å²) in [5.74, 6) is -0.614. The van der Waals surface area contributed by atoms with Crippen LogP contribution in [0.2, 0.25) is 0 Å². The number of esters is 1. The van der Waals surface area contributed by atoms with Crippen molar-refractivity contribution >= 4 is 21.9 Å². The van der Waals surface area contributed by atoms with Gasteiger partial charge in [-0.2, -0.15) is 0 Å². The summed E-state index contributed by atoms with van der Waals surface area (Å²) in [6.45, 7) is 5.48. The van der Waals surface area contributed by atoms with E-state index in [0.29, 0.717) is 11.1 Å². The summed E-state index contributed by atoms with van der Waals surface area (Å²) < 4.78 is 19.0. The van der Waals surface area contributed by atoms with Crippen LogP contribution in [0.15, 0.2) is 22.7 Å². The molecule has 1 unspecified atom stereocenters. The van der Waals surface area contributed by atoms with Crippen molar-refractivity contribution < 1.29 is 13.9 Å². The molecule has 1 heterocycles. The van der Waals surface area contributed by atoms with Crippen LogP contribution < -0.4 is 5.32 Å². The van der Waals surface area contributed by atoms with Crippen LogP contribution in [0.3, 0.4) is 0 Å². The van der Waals surface area contributed by atoms with Crippen molar-refractivity contribution in [2.45, 2.75) is 19.4 Å². The van der Waals surface area contributed by atoms with E-state index in [4.69, 9.17) is 4.74 Å². The van der Waals surface area contributed by atoms with E-state index >= 15 is 0 Å². The summed E-state index contributed by atoms with van der Waals surface area (Å²) in [7, 11) is 0. The lowest BCUT2D eigenvalue weighted by atomic mass is 10.0. The van der Waals surface area contributed by atoms with Crippen LogP contribution >= 0.6 is 15.9 Å². The van der Waals surface area contributed by atoms with Crippen LogP contribution in [-0.4, -0.2) is 43.7 Å². The summed E-state index contributed by atoms with van der Waals surface area (Å²) >= 11 is 3.18. The van der Waals surface area contributed by atoms with Crippen molar-refractivity contribution in [3.63, 3.8) is 0 Å². The molecule has 2 rings (SSSR count). The smallest absolute Gasteiger partial charge is 0.328 e. The lowest BCUT2D eigenvalue weighted by molar-refractivity contribution is -0.149. The van der Waals surface area contributed by atoms with Gasteiger partial charge in [-0.1, -0.05) is 6.07 Å². The topological polar surface area (TPSA) is 41.6 Å². The molecule has 1 saturated heterocycles. The van der Waals surface area contributed by atoms with Gasteiger partial charge >= 0.3 is 5.97 Å². The average molecular weight is 359 g/mol. The van der Waals surface area contributed by atoms with Crippen LogP contribution in [0.25, 0.3) is 0 Å². The Morgan fingerprint density at radius 2 is 2.29 bits per heavy atom. The second kappa shape index (κ2) is 7.87. The van der Waals surface area contributed by atoms with Gasteiger partial charge in [0.05, 0.1) is 11.1 Å². The number of nitrogens with zero attached hydrogens (tertiary/aromatic N) is 1. The lowest BCUT2D eigenvalue weighted by Crippen LogP contribution is -2.37. The van der Waals surface area contributed by atoms with Crippen molar-refractivity contribution in [2.75, 3.05) is 32.8 Å². The van der Waals surface area contributed by atoms with Gasteiger partial charge in [0.1, 0.15) is 11.9 Å². The maximum atomic E-state index is 13.4. The molecule has 4 nitrogen and oxygen atoms in total.